The van der Waals surface area contributed by atoms with E-state index in [1.54, 1.807) is 12.1 Å². The molecule has 0 radical (unpaired) electrons. The third-order valence-electron chi connectivity index (χ3n) is 7.32. The highest BCUT2D eigenvalue weighted by Gasteiger charge is 2.25. The number of carboxylic acid groups (broad SMARTS) is 1. The van der Waals surface area contributed by atoms with E-state index in [9.17, 15) is 9.90 Å². The molecule has 4 aromatic carbocycles. The first-order chi connectivity index (χ1) is 19.5. The van der Waals surface area contributed by atoms with Crippen LogP contribution in [0.5, 0.6) is 0 Å². The molecule has 0 bridgehead atoms. The van der Waals surface area contributed by atoms with E-state index in [0.717, 1.165) is 49.8 Å². The molecular formula is C35H29N2O3+. The Hall–Kier alpha value is -5.16. The Morgan fingerprint density at radius 1 is 0.725 bits per heavy atom. The van der Waals surface area contributed by atoms with Crippen molar-refractivity contribution in [3.8, 4) is 44.7 Å². The fraction of sp³-hybridized carbons (Fsp3) is 0.0857. The van der Waals surface area contributed by atoms with Crippen LogP contribution in [-0.4, -0.2) is 32.2 Å². The molecule has 5 heteroatoms. The Morgan fingerprint density at radius 3 is 1.98 bits per heavy atom. The van der Waals surface area contributed by atoms with Gasteiger partial charge in [0, 0.05) is 47.9 Å². The molecule has 40 heavy (non-hydrogen) atoms. The van der Waals surface area contributed by atoms with Crippen LogP contribution in [0.1, 0.15) is 10.4 Å². The zero-order chi connectivity index (χ0) is 27.8. The highest BCUT2D eigenvalue weighted by molar-refractivity contribution is 6.09. The van der Waals surface area contributed by atoms with Gasteiger partial charge in [0.05, 0.1) is 17.2 Å². The van der Waals surface area contributed by atoms with Gasteiger partial charge in [-0.1, -0.05) is 78.9 Å². The van der Waals surface area contributed by atoms with Gasteiger partial charge in [0.1, 0.15) is 18.4 Å². The van der Waals surface area contributed by atoms with Crippen LogP contribution in [0.4, 0.5) is 5.69 Å². The SMILES string of the molecule is C[NH+]=c1cc2oc3cc(N(C)C)c(-c4ccccc4)cc3c(-c3ccccc3C(=O)O)c-2cc1-c1ccccc1. The Kier molecular flexibility index (Phi) is 6.40. The van der Waals surface area contributed by atoms with E-state index in [-0.39, 0.29) is 5.56 Å². The van der Waals surface area contributed by atoms with Gasteiger partial charge in [-0.3, -0.25) is 0 Å². The van der Waals surface area contributed by atoms with Crippen molar-refractivity contribution in [3.63, 3.8) is 0 Å². The van der Waals surface area contributed by atoms with Gasteiger partial charge in [0.15, 0.2) is 0 Å². The molecule has 4 aromatic rings. The van der Waals surface area contributed by atoms with Crippen molar-refractivity contribution in [1.82, 2.24) is 0 Å². The Labute approximate surface area is 232 Å². The Bertz CT molecular complexity index is 1910. The third-order valence-corrected chi connectivity index (χ3v) is 7.32. The monoisotopic (exact) mass is 525 g/mol. The van der Waals surface area contributed by atoms with Crippen molar-refractivity contribution in [2.75, 3.05) is 26.0 Å². The van der Waals surface area contributed by atoms with E-state index in [0.29, 0.717) is 16.9 Å². The molecule has 0 aromatic heterocycles. The van der Waals surface area contributed by atoms with Crippen LogP contribution in [0.25, 0.3) is 55.7 Å². The average Bonchev–Trinajstić information content (AvgIpc) is 2.99. The summed E-state index contributed by atoms with van der Waals surface area (Å²) < 4.78 is 6.61. The van der Waals surface area contributed by atoms with E-state index in [1.165, 1.54) is 0 Å². The number of carboxylic acids is 1. The normalized spacial score (nSPS) is 11.7. The summed E-state index contributed by atoms with van der Waals surface area (Å²) in [6.45, 7) is 0. The Balaban J connectivity index is 1.82. The molecule has 5 nitrogen and oxygen atoms in total. The molecule has 0 amide bonds. The number of anilines is 1. The van der Waals surface area contributed by atoms with Crippen LogP contribution in [0, 0.1) is 0 Å². The van der Waals surface area contributed by atoms with E-state index in [1.807, 2.05) is 81.8 Å². The standard InChI is InChI=1S/C35H28N2O3/c1-36-30-20-32-28(18-26(30)22-12-6-4-7-13-22)34(24-16-10-11-17-25(24)35(38)39)29-19-27(23-14-8-5-9-15-23)31(37(2)3)21-33(29)40-32/h4-21H,1-3H3,(H,38,39)/p+1. The third kappa shape index (κ3) is 4.31. The van der Waals surface area contributed by atoms with Crippen LogP contribution < -0.4 is 15.2 Å². The molecular weight excluding hydrogens is 496 g/mol. The first-order valence-electron chi connectivity index (χ1n) is 13.2. The van der Waals surface area contributed by atoms with Crippen molar-refractivity contribution in [1.29, 1.82) is 0 Å². The molecule has 0 saturated carbocycles. The lowest BCUT2D eigenvalue weighted by Crippen LogP contribution is -2.72. The predicted molar refractivity (Wildman–Crippen MR) is 160 cm³/mol. The molecule has 0 spiro atoms. The van der Waals surface area contributed by atoms with Crippen LogP contribution >= 0.6 is 0 Å². The van der Waals surface area contributed by atoms with Crippen molar-refractivity contribution in [2.45, 2.75) is 0 Å². The quantitative estimate of drug-likeness (QED) is 0.275. The van der Waals surface area contributed by atoms with Crippen LogP contribution in [0.3, 0.4) is 0 Å². The van der Waals surface area contributed by atoms with Gasteiger partial charge in [-0.05, 0) is 34.9 Å². The molecule has 196 valence electrons. The fourth-order valence-electron chi connectivity index (χ4n) is 5.43. The maximum atomic E-state index is 12.4. The lowest BCUT2D eigenvalue weighted by atomic mass is 9.87. The van der Waals surface area contributed by atoms with Crippen molar-refractivity contribution in [2.24, 2.45) is 0 Å². The molecule has 6 rings (SSSR count). The van der Waals surface area contributed by atoms with Gasteiger partial charge in [-0.15, -0.1) is 0 Å². The molecule has 0 unspecified atom stereocenters. The van der Waals surface area contributed by atoms with E-state index < -0.39 is 5.97 Å². The smallest absolute Gasteiger partial charge is 0.336 e. The van der Waals surface area contributed by atoms with Crippen LogP contribution in [0.15, 0.2) is 114 Å². The van der Waals surface area contributed by atoms with Crippen LogP contribution in [-0.2, 0) is 0 Å². The number of nitrogens with one attached hydrogen (secondary N) is 1. The van der Waals surface area contributed by atoms with E-state index in [2.05, 4.69) is 46.3 Å². The van der Waals surface area contributed by atoms with Gasteiger partial charge in [-0.2, -0.15) is 0 Å². The number of benzene rings is 5. The summed E-state index contributed by atoms with van der Waals surface area (Å²) in [7, 11) is 5.92. The second-order valence-corrected chi connectivity index (χ2v) is 9.96. The largest absolute Gasteiger partial charge is 0.478 e. The molecule has 0 atom stereocenters. The second-order valence-electron chi connectivity index (χ2n) is 9.96. The number of hydrogen-bond acceptors (Lipinski definition) is 3. The zero-order valence-electron chi connectivity index (χ0n) is 22.6. The van der Waals surface area contributed by atoms with Crippen molar-refractivity contribution < 1.29 is 19.3 Å². The Morgan fingerprint density at radius 2 is 1.35 bits per heavy atom. The lowest BCUT2D eigenvalue weighted by molar-refractivity contribution is -0.465. The zero-order valence-corrected chi connectivity index (χ0v) is 22.6. The molecule has 1 heterocycles. The lowest BCUT2D eigenvalue weighted by Gasteiger charge is -2.22. The van der Waals surface area contributed by atoms with Crippen molar-refractivity contribution in [3.05, 3.63) is 120 Å². The molecule has 0 fully saturated rings. The minimum absolute atomic E-state index is 0.244. The molecule has 1 aliphatic carbocycles. The highest BCUT2D eigenvalue weighted by Crippen LogP contribution is 2.45. The first kappa shape index (κ1) is 25.1. The number of nitrogens with zero attached hydrogens (tertiary/aromatic N) is 1. The number of carbonyl (C=O) groups is 1. The predicted octanol–water partition coefficient (Wildman–Crippen LogP) is 5.91. The number of fused-ring (bicyclic) bond motifs is 2. The summed E-state index contributed by atoms with van der Waals surface area (Å²) in [5.41, 5.74) is 8.42. The molecule has 0 saturated heterocycles. The van der Waals surface area contributed by atoms with E-state index in [4.69, 9.17) is 4.42 Å². The van der Waals surface area contributed by atoms with Gasteiger partial charge >= 0.3 is 5.97 Å². The van der Waals surface area contributed by atoms with Crippen molar-refractivity contribution >= 4 is 22.6 Å². The minimum atomic E-state index is -0.971. The summed E-state index contributed by atoms with van der Waals surface area (Å²) >= 11 is 0. The summed E-state index contributed by atoms with van der Waals surface area (Å²) in [5, 5.41) is 12.0. The van der Waals surface area contributed by atoms with Crippen LogP contribution in [0.2, 0.25) is 0 Å². The number of hydrogen-bond donors (Lipinski definition) is 2. The topological polar surface area (TPSA) is 67.7 Å². The fourth-order valence-corrected chi connectivity index (χ4v) is 5.43. The van der Waals surface area contributed by atoms with Gasteiger partial charge in [0.25, 0.3) is 0 Å². The first-order valence-corrected chi connectivity index (χ1v) is 13.2. The summed E-state index contributed by atoms with van der Waals surface area (Å²) in [4.78, 5) is 17.8. The van der Waals surface area contributed by atoms with Gasteiger partial charge < -0.3 is 14.4 Å². The van der Waals surface area contributed by atoms with Gasteiger partial charge in [-0.25, -0.2) is 9.79 Å². The average molecular weight is 526 g/mol. The second kappa shape index (κ2) is 10.2. The number of aromatic carboxylic acids is 1. The minimum Gasteiger partial charge on any atom is -0.478 e. The maximum absolute atomic E-state index is 12.4. The van der Waals surface area contributed by atoms with E-state index >= 15 is 0 Å². The number of rotatable bonds is 5. The summed E-state index contributed by atoms with van der Waals surface area (Å²) in [5.74, 6) is -0.301. The molecule has 2 N–H and O–H groups in total. The maximum Gasteiger partial charge on any atom is 0.336 e. The molecule has 1 aliphatic heterocycles. The summed E-state index contributed by atoms with van der Waals surface area (Å²) in [6, 6.07) is 35.9. The highest BCUT2D eigenvalue weighted by atomic mass is 16.4. The summed E-state index contributed by atoms with van der Waals surface area (Å²) in [6.07, 6.45) is 0. The molecule has 2 aliphatic rings. The van der Waals surface area contributed by atoms with Gasteiger partial charge in [0.2, 0.25) is 5.36 Å².